The van der Waals surface area contributed by atoms with Gasteiger partial charge in [0.1, 0.15) is 5.82 Å². The molecule has 0 atom stereocenters. The first-order valence-corrected chi connectivity index (χ1v) is 6.43. The van der Waals surface area contributed by atoms with E-state index in [1.807, 2.05) is 0 Å². The predicted molar refractivity (Wildman–Crippen MR) is 66.8 cm³/mol. The quantitative estimate of drug-likeness (QED) is 0.860. The smallest absolute Gasteiger partial charge is 0.393 e. The molecule has 0 saturated carbocycles. The molecule has 6 nitrogen and oxygen atoms in total. The minimum absolute atomic E-state index is 0.139. The number of hydrogen-bond donors (Lipinski definition) is 1. The van der Waals surface area contributed by atoms with Crippen molar-refractivity contribution in [2.75, 3.05) is 26.1 Å². The van der Waals surface area contributed by atoms with Gasteiger partial charge in [0.25, 0.3) is 0 Å². The molecule has 2 rings (SSSR count). The second-order valence-electron chi connectivity index (χ2n) is 4.78. The summed E-state index contributed by atoms with van der Waals surface area (Å²) in [4.78, 5) is 11.6. The van der Waals surface area contributed by atoms with Crippen molar-refractivity contribution < 1.29 is 27.4 Å². The summed E-state index contributed by atoms with van der Waals surface area (Å²) in [6, 6.07) is -0.177. The van der Waals surface area contributed by atoms with Crippen LogP contribution in [0.25, 0.3) is 0 Å². The van der Waals surface area contributed by atoms with E-state index in [1.54, 1.807) is 0 Å². The highest BCUT2D eigenvalue weighted by Crippen LogP contribution is 2.31. The van der Waals surface area contributed by atoms with Gasteiger partial charge in [0.15, 0.2) is 5.69 Å². The number of ether oxygens (including phenoxy) is 2. The Morgan fingerprint density at radius 2 is 2.10 bits per heavy atom. The van der Waals surface area contributed by atoms with Crippen molar-refractivity contribution in [2.24, 2.45) is 0 Å². The molecule has 118 valence electrons. The molecule has 0 amide bonds. The van der Waals surface area contributed by atoms with E-state index < -0.39 is 18.6 Å². The molecule has 0 unspecified atom stereocenters. The zero-order chi connectivity index (χ0) is 15.6. The first-order chi connectivity index (χ1) is 9.83. The van der Waals surface area contributed by atoms with Gasteiger partial charge in [-0.05, 0) is 12.8 Å². The average Bonchev–Trinajstić information content (AvgIpc) is 2.75. The Hall–Kier alpha value is -1.77. The predicted octanol–water partition coefficient (Wildman–Crippen LogP) is 1.71. The summed E-state index contributed by atoms with van der Waals surface area (Å²) in [6.45, 7) is 0.957. The van der Waals surface area contributed by atoms with Crippen LogP contribution in [0.2, 0.25) is 0 Å². The molecule has 0 spiro atoms. The van der Waals surface area contributed by atoms with Crippen LogP contribution in [0.3, 0.4) is 0 Å². The molecule has 1 aromatic heterocycles. The number of alkyl halides is 3. The fourth-order valence-corrected chi connectivity index (χ4v) is 2.33. The molecule has 2 heterocycles. The van der Waals surface area contributed by atoms with E-state index in [1.165, 1.54) is 4.68 Å². The number of nitrogen functional groups attached to an aromatic ring is 1. The SMILES string of the molecule is COC(=O)c1nn(C2CCOCC2)c(N)c1CC(F)(F)F. The standard InChI is InChI=1S/C12H16F3N3O3/c1-20-11(19)9-8(6-12(13,14)15)10(16)18(17-9)7-2-4-21-5-3-7/h7H,2-6,16H2,1H3. The van der Waals surface area contributed by atoms with Gasteiger partial charge in [-0.1, -0.05) is 0 Å². The minimum atomic E-state index is -4.49. The highest BCUT2D eigenvalue weighted by molar-refractivity contribution is 5.90. The van der Waals surface area contributed by atoms with Crippen LogP contribution in [0.1, 0.15) is 34.9 Å². The van der Waals surface area contributed by atoms with Crippen molar-refractivity contribution in [2.45, 2.75) is 31.5 Å². The van der Waals surface area contributed by atoms with Crippen molar-refractivity contribution in [1.29, 1.82) is 0 Å². The summed E-state index contributed by atoms with van der Waals surface area (Å²) < 4.78 is 48.9. The summed E-state index contributed by atoms with van der Waals surface area (Å²) in [5.41, 5.74) is 5.08. The maximum atomic E-state index is 12.7. The van der Waals surface area contributed by atoms with E-state index in [2.05, 4.69) is 9.84 Å². The fraction of sp³-hybridized carbons (Fsp3) is 0.667. The van der Waals surface area contributed by atoms with E-state index in [9.17, 15) is 18.0 Å². The van der Waals surface area contributed by atoms with Crippen LogP contribution in [0.4, 0.5) is 19.0 Å². The van der Waals surface area contributed by atoms with Crippen LogP contribution in [-0.2, 0) is 15.9 Å². The van der Waals surface area contributed by atoms with Crippen molar-refractivity contribution in [3.63, 3.8) is 0 Å². The molecule has 0 bridgehead atoms. The van der Waals surface area contributed by atoms with Gasteiger partial charge in [-0.3, -0.25) is 0 Å². The maximum absolute atomic E-state index is 12.7. The maximum Gasteiger partial charge on any atom is 0.393 e. The number of halogens is 3. The topological polar surface area (TPSA) is 79.4 Å². The van der Waals surface area contributed by atoms with Crippen LogP contribution in [-0.4, -0.2) is 42.2 Å². The molecule has 0 aromatic carbocycles. The number of carbonyl (C=O) groups is 1. The number of nitrogens with zero attached hydrogens (tertiary/aromatic N) is 2. The Labute approximate surface area is 119 Å². The number of nitrogens with two attached hydrogens (primary N) is 1. The van der Waals surface area contributed by atoms with Crippen LogP contribution >= 0.6 is 0 Å². The Balaban J connectivity index is 2.40. The van der Waals surface area contributed by atoms with Crippen LogP contribution in [0.5, 0.6) is 0 Å². The normalized spacial score (nSPS) is 17.0. The number of hydrogen-bond acceptors (Lipinski definition) is 5. The Morgan fingerprint density at radius 3 is 2.62 bits per heavy atom. The monoisotopic (exact) mass is 307 g/mol. The molecule has 1 aromatic rings. The van der Waals surface area contributed by atoms with Gasteiger partial charge in [-0.15, -0.1) is 0 Å². The van der Waals surface area contributed by atoms with E-state index in [0.717, 1.165) is 7.11 Å². The third-order valence-corrected chi connectivity index (χ3v) is 3.34. The van der Waals surface area contributed by atoms with Crippen LogP contribution < -0.4 is 5.73 Å². The first-order valence-electron chi connectivity index (χ1n) is 6.43. The molecule has 9 heteroatoms. The van der Waals surface area contributed by atoms with Gasteiger partial charge in [0, 0.05) is 18.8 Å². The van der Waals surface area contributed by atoms with Gasteiger partial charge in [-0.25, -0.2) is 9.48 Å². The summed E-state index contributed by atoms with van der Waals surface area (Å²) >= 11 is 0. The van der Waals surface area contributed by atoms with Crippen LogP contribution in [0, 0.1) is 0 Å². The zero-order valence-corrected chi connectivity index (χ0v) is 11.4. The lowest BCUT2D eigenvalue weighted by Gasteiger charge is -2.23. The fourth-order valence-electron chi connectivity index (χ4n) is 2.33. The van der Waals surface area contributed by atoms with Gasteiger partial charge in [0.05, 0.1) is 19.6 Å². The van der Waals surface area contributed by atoms with Crippen LogP contribution in [0.15, 0.2) is 0 Å². The van der Waals surface area contributed by atoms with E-state index in [0.29, 0.717) is 26.1 Å². The zero-order valence-electron chi connectivity index (χ0n) is 11.4. The van der Waals surface area contributed by atoms with Crippen molar-refractivity contribution >= 4 is 11.8 Å². The lowest BCUT2D eigenvalue weighted by molar-refractivity contribution is -0.127. The molecule has 0 aliphatic carbocycles. The molecular weight excluding hydrogens is 291 g/mol. The Bertz CT molecular complexity index is 522. The summed E-state index contributed by atoms with van der Waals surface area (Å²) in [6.07, 6.45) is -4.64. The third-order valence-electron chi connectivity index (χ3n) is 3.34. The van der Waals surface area contributed by atoms with E-state index in [-0.39, 0.29) is 23.1 Å². The first kappa shape index (κ1) is 15.6. The second kappa shape index (κ2) is 5.92. The van der Waals surface area contributed by atoms with Gasteiger partial charge in [0.2, 0.25) is 0 Å². The van der Waals surface area contributed by atoms with Gasteiger partial charge < -0.3 is 15.2 Å². The lowest BCUT2D eigenvalue weighted by Crippen LogP contribution is -2.22. The Morgan fingerprint density at radius 1 is 1.48 bits per heavy atom. The highest BCUT2D eigenvalue weighted by Gasteiger charge is 2.35. The molecule has 1 aliphatic rings. The third kappa shape index (κ3) is 3.46. The van der Waals surface area contributed by atoms with Gasteiger partial charge in [-0.2, -0.15) is 18.3 Å². The Kier molecular flexibility index (Phi) is 4.40. The lowest BCUT2D eigenvalue weighted by atomic mass is 10.1. The minimum Gasteiger partial charge on any atom is -0.464 e. The molecule has 1 saturated heterocycles. The molecule has 2 N–H and O–H groups in total. The summed E-state index contributed by atoms with van der Waals surface area (Å²) in [7, 11) is 1.09. The summed E-state index contributed by atoms with van der Waals surface area (Å²) in [5, 5.41) is 3.95. The largest absolute Gasteiger partial charge is 0.464 e. The average molecular weight is 307 g/mol. The number of rotatable bonds is 3. The highest BCUT2D eigenvalue weighted by atomic mass is 19.4. The molecule has 21 heavy (non-hydrogen) atoms. The van der Waals surface area contributed by atoms with Gasteiger partial charge >= 0.3 is 12.1 Å². The molecule has 0 radical (unpaired) electrons. The van der Waals surface area contributed by atoms with E-state index in [4.69, 9.17) is 10.5 Å². The number of aromatic nitrogens is 2. The van der Waals surface area contributed by atoms with Crippen molar-refractivity contribution in [3.8, 4) is 0 Å². The second-order valence-corrected chi connectivity index (χ2v) is 4.78. The number of methoxy groups -OCH3 is 1. The molecular formula is C12H16F3N3O3. The van der Waals surface area contributed by atoms with E-state index >= 15 is 0 Å². The van der Waals surface area contributed by atoms with Crippen molar-refractivity contribution in [3.05, 3.63) is 11.3 Å². The number of anilines is 1. The molecule has 1 fully saturated rings. The molecule has 1 aliphatic heterocycles. The number of carbonyl (C=O) groups excluding carboxylic acids is 1. The summed E-state index contributed by atoms with van der Waals surface area (Å²) in [5.74, 6) is -1.06. The van der Waals surface area contributed by atoms with Crippen molar-refractivity contribution in [1.82, 2.24) is 9.78 Å². The number of esters is 1.